The van der Waals surface area contributed by atoms with Crippen molar-refractivity contribution in [3.05, 3.63) is 41.7 Å². The second-order valence-corrected chi connectivity index (χ2v) is 6.48. The van der Waals surface area contributed by atoms with Gasteiger partial charge in [-0.15, -0.1) is 0 Å². The van der Waals surface area contributed by atoms with Gasteiger partial charge in [0, 0.05) is 30.5 Å². The molecule has 8 heteroatoms. The van der Waals surface area contributed by atoms with E-state index in [2.05, 4.69) is 10.4 Å². The minimum atomic E-state index is -4.54. The molecule has 0 saturated carbocycles. The molecule has 0 aliphatic heterocycles. The number of nitrogens with one attached hydrogen (secondary N) is 1. The van der Waals surface area contributed by atoms with Crippen molar-refractivity contribution in [3.63, 3.8) is 0 Å². The van der Waals surface area contributed by atoms with Crippen molar-refractivity contribution in [2.45, 2.75) is 24.1 Å². The standard InChI is InChI=1S/C13H15F2N3O2S/c1-9-10(8-17-18(9)2)7-16-11-3-5-12(6-4-11)21(19,20)13(14)15/h3-6,8,13,16H,7H2,1-2H3. The highest BCUT2D eigenvalue weighted by Gasteiger charge is 2.26. The molecule has 0 spiro atoms. The maximum atomic E-state index is 12.4. The van der Waals surface area contributed by atoms with E-state index in [1.54, 1.807) is 10.9 Å². The SMILES string of the molecule is Cc1c(CNc2ccc(S(=O)(=O)C(F)F)cc2)cnn1C. The molecule has 0 fully saturated rings. The highest BCUT2D eigenvalue weighted by Crippen LogP contribution is 2.20. The van der Waals surface area contributed by atoms with Gasteiger partial charge in [-0.1, -0.05) is 0 Å². The van der Waals surface area contributed by atoms with E-state index in [1.807, 2.05) is 14.0 Å². The maximum absolute atomic E-state index is 12.4. The van der Waals surface area contributed by atoms with E-state index in [-0.39, 0.29) is 4.90 Å². The van der Waals surface area contributed by atoms with Gasteiger partial charge in [0.25, 0.3) is 0 Å². The van der Waals surface area contributed by atoms with Crippen LogP contribution in [-0.4, -0.2) is 24.0 Å². The Hall–Kier alpha value is -1.96. The van der Waals surface area contributed by atoms with Crippen molar-refractivity contribution in [2.24, 2.45) is 7.05 Å². The third-order valence-corrected chi connectivity index (χ3v) is 4.64. The van der Waals surface area contributed by atoms with Crippen molar-refractivity contribution in [1.29, 1.82) is 0 Å². The topological polar surface area (TPSA) is 64.0 Å². The van der Waals surface area contributed by atoms with Gasteiger partial charge in [0.2, 0.25) is 9.84 Å². The molecule has 0 radical (unpaired) electrons. The molecule has 0 bridgehead atoms. The van der Waals surface area contributed by atoms with Crippen molar-refractivity contribution in [2.75, 3.05) is 5.32 Å². The fourth-order valence-electron chi connectivity index (χ4n) is 1.78. The smallest absolute Gasteiger partial charge is 0.341 e. The second-order valence-electron chi connectivity index (χ2n) is 4.56. The highest BCUT2D eigenvalue weighted by molar-refractivity contribution is 7.91. The van der Waals surface area contributed by atoms with Gasteiger partial charge >= 0.3 is 5.76 Å². The number of sulfone groups is 1. The molecule has 114 valence electrons. The first-order valence-corrected chi connectivity index (χ1v) is 7.70. The van der Waals surface area contributed by atoms with E-state index in [4.69, 9.17) is 0 Å². The number of alkyl halides is 2. The molecule has 1 aromatic carbocycles. The number of aryl methyl sites for hydroxylation is 1. The predicted molar refractivity (Wildman–Crippen MR) is 74.9 cm³/mol. The monoisotopic (exact) mass is 315 g/mol. The van der Waals surface area contributed by atoms with Crippen molar-refractivity contribution in [1.82, 2.24) is 9.78 Å². The summed E-state index contributed by atoms with van der Waals surface area (Å²) in [7, 11) is -2.70. The molecule has 0 unspecified atom stereocenters. The number of hydrogen-bond acceptors (Lipinski definition) is 4. The van der Waals surface area contributed by atoms with E-state index in [9.17, 15) is 17.2 Å². The van der Waals surface area contributed by atoms with E-state index in [1.165, 1.54) is 24.3 Å². The second kappa shape index (κ2) is 5.80. The van der Waals surface area contributed by atoms with Gasteiger partial charge in [0.15, 0.2) is 0 Å². The Labute approximate surface area is 121 Å². The van der Waals surface area contributed by atoms with Crippen LogP contribution >= 0.6 is 0 Å². The summed E-state index contributed by atoms with van der Waals surface area (Å²) in [5.74, 6) is -3.41. The van der Waals surface area contributed by atoms with Crippen LogP contribution in [0.5, 0.6) is 0 Å². The average Bonchev–Trinajstić information content (AvgIpc) is 2.77. The van der Waals surface area contributed by atoms with Crippen LogP contribution in [-0.2, 0) is 23.4 Å². The molecule has 2 aromatic rings. The van der Waals surface area contributed by atoms with E-state index in [0.717, 1.165) is 11.3 Å². The average molecular weight is 315 g/mol. The Balaban J connectivity index is 2.08. The first kappa shape index (κ1) is 15.4. The van der Waals surface area contributed by atoms with Crippen LogP contribution in [0.4, 0.5) is 14.5 Å². The van der Waals surface area contributed by atoms with Crippen LogP contribution in [0.3, 0.4) is 0 Å². The van der Waals surface area contributed by atoms with Gasteiger partial charge in [-0.3, -0.25) is 4.68 Å². The molecule has 5 nitrogen and oxygen atoms in total. The minimum absolute atomic E-state index is 0.388. The van der Waals surface area contributed by atoms with Crippen LogP contribution < -0.4 is 5.32 Å². The van der Waals surface area contributed by atoms with Gasteiger partial charge in [-0.05, 0) is 31.2 Å². The van der Waals surface area contributed by atoms with Crippen molar-refractivity contribution in [3.8, 4) is 0 Å². The number of rotatable bonds is 5. The van der Waals surface area contributed by atoms with Gasteiger partial charge in [0.05, 0.1) is 11.1 Å². The number of benzene rings is 1. The Morgan fingerprint density at radius 3 is 2.38 bits per heavy atom. The number of hydrogen-bond donors (Lipinski definition) is 1. The normalized spacial score (nSPS) is 11.9. The lowest BCUT2D eigenvalue weighted by Crippen LogP contribution is -2.11. The van der Waals surface area contributed by atoms with Crippen LogP contribution in [0.1, 0.15) is 11.3 Å². The summed E-state index contributed by atoms with van der Waals surface area (Å²) in [4.78, 5) is -0.388. The quantitative estimate of drug-likeness (QED) is 0.920. The summed E-state index contributed by atoms with van der Waals surface area (Å²) in [6.07, 6.45) is 1.73. The molecular formula is C13H15F2N3O2S. The number of nitrogens with zero attached hydrogens (tertiary/aromatic N) is 2. The Kier molecular flexibility index (Phi) is 4.26. The molecule has 0 aliphatic carbocycles. The van der Waals surface area contributed by atoms with E-state index in [0.29, 0.717) is 12.2 Å². The molecule has 21 heavy (non-hydrogen) atoms. The third-order valence-electron chi connectivity index (χ3n) is 3.24. The fourth-order valence-corrected chi connectivity index (χ4v) is 2.50. The summed E-state index contributed by atoms with van der Waals surface area (Å²) in [5, 5.41) is 7.20. The van der Waals surface area contributed by atoms with Crippen LogP contribution in [0.2, 0.25) is 0 Å². The summed E-state index contributed by atoms with van der Waals surface area (Å²) in [5.41, 5.74) is 2.66. The van der Waals surface area contributed by atoms with E-state index >= 15 is 0 Å². The Morgan fingerprint density at radius 2 is 1.90 bits per heavy atom. The molecule has 1 heterocycles. The molecule has 0 saturated heterocycles. The third kappa shape index (κ3) is 3.21. The first-order chi connectivity index (χ1) is 9.82. The zero-order valence-corrected chi connectivity index (χ0v) is 12.4. The molecule has 1 N–H and O–H groups in total. The van der Waals surface area contributed by atoms with Gasteiger partial charge in [0.1, 0.15) is 0 Å². The zero-order valence-electron chi connectivity index (χ0n) is 11.5. The maximum Gasteiger partial charge on any atom is 0.341 e. The van der Waals surface area contributed by atoms with Gasteiger partial charge in [-0.25, -0.2) is 8.42 Å². The van der Waals surface area contributed by atoms with Gasteiger partial charge < -0.3 is 5.32 Å². The lowest BCUT2D eigenvalue weighted by molar-refractivity contribution is 0.234. The number of anilines is 1. The molecule has 0 atom stereocenters. The fraction of sp³-hybridized carbons (Fsp3) is 0.308. The van der Waals surface area contributed by atoms with Crippen LogP contribution in [0.15, 0.2) is 35.4 Å². The summed E-state index contributed by atoms with van der Waals surface area (Å²) < 4.78 is 49.1. The van der Waals surface area contributed by atoms with E-state index < -0.39 is 15.6 Å². The van der Waals surface area contributed by atoms with Crippen molar-refractivity contribution < 1.29 is 17.2 Å². The van der Waals surface area contributed by atoms with Crippen LogP contribution in [0, 0.1) is 6.92 Å². The molecule has 0 amide bonds. The Bertz CT molecular complexity index is 724. The molecule has 0 aliphatic rings. The van der Waals surface area contributed by atoms with Crippen LogP contribution in [0.25, 0.3) is 0 Å². The lowest BCUT2D eigenvalue weighted by atomic mass is 10.2. The zero-order chi connectivity index (χ0) is 15.6. The largest absolute Gasteiger partial charge is 0.381 e. The molecule has 2 rings (SSSR count). The molecular weight excluding hydrogens is 300 g/mol. The number of aromatic nitrogens is 2. The minimum Gasteiger partial charge on any atom is -0.381 e. The number of halogens is 2. The lowest BCUT2D eigenvalue weighted by Gasteiger charge is -2.08. The predicted octanol–water partition coefficient (Wildman–Crippen LogP) is 2.34. The summed E-state index contributed by atoms with van der Waals surface area (Å²) >= 11 is 0. The highest BCUT2D eigenvalue weighted by atomic mass is 32.2. The summed E-state index contributed by atoms with van der Waals surface area (Å²) in [6.45, 7) is 2.45. The first-order valence-electron chi connectivity index (χ1n) is 6.16. The van der Waals surface area contributed by atoms with Gasteiger partial charge in [-0.2, -0.15) is 13.9 Å². The summed E-state index contributed by atoms with van der Waals surface area (Å²) in [6, 6.07) is 5.25. The van der Waals surface area contributed by atoms with Crippen molar-refractivity contribution >= 4 is 15.5 Å². The molecule has 1 aromatic heterocycles. The Morgan fingerprint density at radius 1 is 1.29 bits per heavy atom.